The molecule has 0 aliphatic heterocycles. The average Bonchev–Trinajstić information content (AvgIpc) is 2.48. The van der Waals surface area contributed by atoms with Crippen LogP contribution >= 0.6 is 0 Å². The molecule has 2 aromatic carbocycles. The third-order valence-electron chi connectivity index (χ3n) is 3.50. The number of amides is 1. The molecule has 0 aromatic heterocycles. The largest absolute Gasteiger partial charge is 0.496 e. The highest BCUT2D eigenvalue weighted by atomic mass is 16.5. The van der Waals surface area contributed by atoms with Gasteiger partial charge in [0.25, 0.3) is 0 Å². The molecule has 0 spiro atoms. The van der Waals surface area contributed by atoms with Crippen LogP contribution in [0.3, 0.4) is 0 Å². The number of carbonyl (C=O) groups is 1. The zero-order chi connectivity index (χ0) is 15.2. The van der Waals surface area contributed by atoms with E-state index in [0.29, 0.717) is 13.0 Å². The first kappa shape index (κ1) is 15.1. The van der Waals surface area contributed by atoms with Crippen LogP contribution in [0.15, 0.2) is 48.5 Å². The van der Waals surface area contributed by atoms with Gasteiger partial charge in [0.15, 0.2) is 0 Å². The second-order valence-corrected chi connectivity index (χ2v) is 5.22. The Morgan fingerprint density at radius 1 is 1.10 bits per heavy atom. The van der Waals surface area contributed by atoms with Gasteiger partial charge >= 0.3 is 0 Å². The predicted octanol–water partition coefficient (Wildman–Crippen LogP) is 3.20. The van der Waals surface area contributed by atoms with Gasteiger partial charge in [-0.2, -0.15) is 0 Å². The van der Waals surface area contributed by atoms with Crippen molar-refractivity contribution in [3.8, 4) is 5.75 Å². The van der Waals surface area contributed by atoms with Crippen LogP contribution in [0.1, 0.15) is 16.7 Å². The van der Waals surface area contributed by atoms with E-state index >= 15 is 0 Å². The van der Waals surface area contributed by atoms with Crippen molar-refractivity contribution in [2.45, 2.75) is 19.9 Å². The summed E-state index contributed by atoms with van der Waals surface area (Å²) in [5.41, 5.74) is 3.20. The Morgan fingerprint density at radius 3 is 2.43 bits per heavy atom. The van der Waals surface area contributed by atoms with Gasteiger partial charge in [-0.25, -0.2) is 0 Å². The summed E-state index contributed by atoms with van der Waals surface area (Å²) in [6.07, 6.45) is 0.411. The Morgan fingerprint density at radius 2 is 1.81 bits per heavy atom. The maximum atomic E-state index is 12.3. The molecular weight excluding hydrogens is 262 g/mol. The molecule has 21 heavy (non-hydrogen) atoms. The summed E-state index contributed by atoms with van der Waals surface area (Å²) in [5.74, 6) is 0.965. The molecule has 1 amide bonds. The van der Waals surface area contributed by atoms with E-state index in [1.54, 1.807) is 12.0 Å². The molecule has 0 atom stereocenters. The van der Waals surface area contributed by atoms with Gasteiger partial charge in [0.1, 0.15) is 5.75 Å². The van der Waals surface area contributed by atoms with Crippen molar-refractivity contribution in [3.05, 3.63) is 65.2 Å². The van der Waals surface area contributed by atoms with E-state index in [2.05, 4.69) is 0 Å². The van der Waals surface area contributed by atoms with Gasteiger partial charge in [-0.15, -0.1) is 0 Å². The number of carbonyl (C=O) groups excluding carboxylic acids is 1. The van der Waals surface area contributed by atoms with Crippen LogP contribution < -0.4 is 4.74 Å². The van der Waals surface area contributed by atoms with E-state index in [1.807, 2.05) is 62.5 Å². The number of rotatable bonds is 5. The number of benzene rings is 2. The summed E-state index contributed by atoms with van der Waals surface area (Å²) in [5, 5.41) is 0. The first-order valence-electron chi connectivity index (χ1n) is 7.01. The number of ether oxygens (including phenoxy) is 1. The maximum absolute atomic E-state index is 12.3. The Balaban J connectivity index is 1.99. The normalized spacial score (nSPS) is 10.2. The highest BCUT2D eigenvalue weighted by Crippen LogP contribution is 2.19. The van der Waals surface area contributed by atoms with Crippen molar-refractivity contribution in [3.63, 3.8) is 0 Å². The quantitative estimate of drug-likeness (QED) is 0.843. The van der Waals surface area contributed by atoms with E-state index in [1.165, 1.54) is 0 Å². The van der Waals surface area contributed by atoms with Gasteiger partial charge in [-0.1, -0.05) is 42.5 Å². The second-order valence-electron chi connectivity index (χ2n) is 5.22. The number of nitrogens with zero attached hydrogens (tertiary/aromatic N) is 1. The fourth-order valence-corrected chi connectivity index (χ4v) is 2.31. The topological polar surface area (TPSA) is 29.5 Å². The van der Waals surface area contributed by atoms with Gasteiger partial charge in [-0.05, 0) is 29.7 Å². The lowest BCUT2D eigenvalue weighted by Crippen LogP contribution is -2.27. The minimum atomic E-state index is 0.114. The number of hydrogen-bond donors (Lipinski definition) is 0. The number of aryl methyl sites for hydroxylation is 1. The maximum Gasteiger partial charge on any atom is 0.227 e. The van der Waals surface area contributed by atoms with E-state index in [9.17, 15) is 4.79 Å². The first-order chi connectivity index (χ1) is 10.1. The van der Waals surface area contributed by atoms with Gasteiger partial charge in [0, 0.05) is 13.6 Å². The Labute approximate surface area is 126 Å². The molecule has 2 aromatic rings. The van der Waals surface area contributed by atoms with Gasteiger partial charge in [-0.3, -0.25) is 4.79 Å². The molecule has 2 rings (SSSR count). The summed E-state index contributed by atoms with van der Waals surface area (Å²) in [6, 6.07) is 15.9. The number of methoxy groups -OCH3 is 1. The van der Waals surface area contributed by atoms with Crippen LogP contribution in [0.4, 0.5) is 0 Å². The van der Waals surface area contributed by atoms with Crippen LogP contribution in [-0.2, 0) is 17.8 Å². The van der Waals surface area contributed by atoms with Crippen molar-refractivity contribution in [1.29, 1.82) is 0 Å². The second kappa shape index (κ2) is 6.93. The average molecular weight is 283 g/mol. The summed E-state index contributed by atoms with van der Waals surface area (Å²) in [7, 11) is 3.49. The summed E-state index contributed by atoms with van der Waals surface area (Å²) >= 11 is 0. The monoisotopic (exact) mass is 283 g/mol. The van der Waals surface area contributed by atoms with Crippen LogP contribution in [0.2, 0.25) is 0 Å². The first-order valence-corrected chi connectivity index (χ1v) is 7.01. The molecule has 3 nitrogen and oxygen atoms in total. The Kier molecular flexibility index (Phi) is 4.99. The van der Waals surface area contributed by atoms with Crippen LogP contribution in [0.5, 0.6) is 5.75 Å². The number of likely N-dealkylation sites (N-methyl/N-ethyl adjacent to an activating group) is 1. The third kappa shape index (κ3) is 4.09. The summed E-state index contributed by atoms with van der Waals surface area (Å²) in [6.45, 7) is 2.62. The predicted molar refractivity (Wildman–Crippen MR) is 84.4 cm³/mol. The molecule has 0 N–H and O–H groups in total. The lowest BCUT2D eigenvalue weighted by atomic mass is 10.1. The Hall–Kier alpha value is -2.29. The molecule has 110 valence electrons. The molecule has 0 heterocycles. The molecule has 0 aliphatic rings. The molecule has 3 heteroatoms. The molecule has 0 saturated heterocycles. The van der Waals surface area contributed by atoms with E-state index in [0.717, 1.165) is 22.4 Å². The van der Waals surface area contributed by atoms with Crippen molar-refractivity contribution < 1.29 is 9.53 Å². The smallest absolute Gasteiger partial charge is 0.227 e. The van der Waals surface area contributed by atoms with E-state index in [4.69, 9.17) is 4.74 Å². The highest BCUT2D eigenvalue weighted by Gasteiger charge is 2.11. The molecular formula is C18H21NO2. The lowest BCUT2D eigenvalue weighted by molar-refractivity contribution is -0.129. The molecule has 0 radical (unpaired) electrons. The van der Waals surface area contributed by atoms with Gasteiger partial charge in [0.05, 0.1) is 13.5 Å². The lowest BCUT2D eigenvalue weighted by Gasteiger charge is -2.17. The van der Waals surface area contributed by atoms with Crippen LogP contribution in [0, 0.1) is 6.92 Å². The zero-order valence-corrected chi connectivity index (χ0v) is 12.8. The fraction of sp³-hybridized carbons (Fsp3) is 0.278. The standard InChI is InChI=1S/C18H21NO2/c1-14-11-16(9-10-17(14)21-3)12-18(20)19(2)13-15-7-5-4-6-8-15/h4-11H,12-13H2,1-3H3. The molecule has 0 bridgehead atoms. The summed E-state index contributed by atoms with van der Waals surface area (Å²) < 4.78 is 5.24. The van der Waals surface area contributed by atoms with Gasteiger partial charge < -0.3 is 9.64 Å². The van der Waals surface area contributed by atoms with E-state index in [-0.39, 0.29) is 5.91 Å². The summed E-state index contributed by atoms with van der Waals surface area (Å²) in [4.78, 5) is 14.0. The fourth-order valence-electron chi connectivity index (χ4n) is 2.31. The highest BCUT2D eigenvalue weighted by molar-refractivity contribution is 5.78. The third-order valence-corrected chi connectivity index (χ3v) is 3.50. The van der Waals surface area contributed by atoms with Gasteiger partial charge in [0.2, 0.25) is 5.91 Å². The van der Waals surface area contributed by atoms with Crippen molar-refractivity contribution in [2.75, 3.05) is 14.2 Å². The van der Waals surface area contributed by atoms with Crippen LogP contribution in [-0.4, -0.2) is 25.0 Å². The molecule has 0 fully saturated rings. The van der Waals surface area contributed by atoms with Crippen molar-refractivity contribution >= 4 is 5.91 Å². The molecule has 0 saturated carbocycles. The SMILES string of the molecule is COc1ccc(CC(=O)N(C)Cc2ccccc2)cc1C. The van der Waals surface area contributed by atoms with Crippen molar-refractivity contribution in [2.24, 2.45) is 0 Å². The molecule has 0 aliphatic carbocycles. The van der Waals surface area contributed by atoms with Crippen molar-refractivity contribution in [1.82, 2.24) is 4.90 Å². The van der Waals surface area contributed by atoms with E-state index < -0.39 is 0 Å². The molecule has 0 unspecified atom stereocenters. The van der Waals surface area contributed by atoms with Crippen LogP contribution in [0.25, 0.3) is 0 Å². The minimum Gasteiger partial charge on any atom is -0.496 e. The number of hydrogen-bond acceptors (Lipinski definition) is 2. The Bertz CT molecular complexity index is 608. The minimum absolute atomic E-state index is 0.114. The zero-order valence-electron chi connectivity index (χ0n) is 12.8.